The molecule has 1 aliphatic heterocycles. The minimum absolute atomic E-state index is 0.174. The predicted octanol–water partition coefficient (Wildman–Crippen LogP) is 4.71. The highest BCUT2D eigenvalue weighted by Gasteiger charge is 2.42. The molecule has 1 saturated heterocycles. The maximum atomic E-state index is 13.5. The molecule has 2 atom stereocenters. The van der Waals surface area contributed by atoms with Gasteiger partial charge in [-0.3, -0.25) is 9.78 Å². The molecule has 0 bridgehead atoms. The van der Waals surface area contributed by atoms with Crippen LogP contribution in [0.4, 0.5) is 0 Å². The minimum Gasteiger partial charge on any atom is -0.306 e. The molecule has 7 heteroatoms. The van der Waals surface area contributed by atoms with Crippen molar-refractivity contribution in [3.8, 4) is 17.1 Å². The second-order valence-electron chi connectivity index (χ2n) is 8.79. The van der Waals surface area contributed by atoms with Gasteiger partial charge in [-0.05, 0) is 84.9 Å². The second-order valence-corrected chi connectivity index (χ2v) is 10.0. The lowest BCUT2D eigenvalue weighted by Gasteiger charge is -2.39. The third-order valence-corrected chi connectivity index (χ3v) is 7.44. The van der Waals surface area contributed by atoms with Crippen LogP contribution < -0.4 is 0 Å². The SMILES string of the molecule is CN1CCC2CC(=O)c3c(-c4cnc5ccccc5n4)nn(-c4ccc(I)cc4)c3C2C1. The van der Waals surface area contributed by atoms with Crippen molar-refractivity contribution in [1.82, 2.24) is 24.6 Å². The molecule has 32 heavy (non-hydrogen) atoms. The summed E-state index contributed by atoms with van der Waals surface area (Å²) < 4.78 is 3.16. The standard InChI is InChI=1S/C25H22IN5O/c1-30-11-10-15-12-22(32)23-24(21-13-27-19-4-2-3-5-20(19)28-21)29-31(25(23)18(15)14-30)17-8-6-16(26)7-9-17/h2-9,13,15,18H,10-12,14H2,1H3. The second kappa shape index (κ2) is 7.74. The Balaban J connectivity index is 1.60. The maximum Gasteiger partial charge on any atom is 0.167 e. The predicted molar refractivity (Wildman–Crippen MR) is 132 cm³/mol. The van der Waals surface area contributed by atoms with E-state index in [2.05, 4.69) is 63.8 Å². The van der Waals surface area contributed by atoms with Crippen LogP contribution in [0.3, 0.4) is 0 Å². The van der Waals surface area contributed by atoms with Gasteiger partial charge < -0.3 is 4.90 Å². The smallest absolute Gasteiger partial charge is 0.167 e. The van der Waals surface area contributed by atoms with Gasteiger partial charge in [0.15, 0.2) is 5.78 Å². The van der Waals surface area contributed by atoms with Crippen LogP contribution in [0, 0.1) is 9.49 Å². The third-order valence-electron chi connectivity index (χ3n) is 6.72. The molecule has 3 heterocycles. The number of piperidine rings is 1. The number of hydrogen-bond acceptors (Lipinski definition) is 5. The Morgan fingerprint density at radius 1 is 1.06 bits per heavy atom. The molecule has 2 aliphatic rings. The number of Topliss-reactive ketones (excluding diaryl/α,β-unsaturated/α-hetero) is 1. The normalized spacial score (nSPS) is 20.9. The summed E-state index contributed by atoms with van der Waals surface area (Å²) in [6.07, 6.45) is 3.36. The Morgan fingerprint density at radius 3 is 2.66 bits per heavy atom. The Kier molecular flexibility index (Phi) is 4.83. The number of nitrogens with zero attached hydrogens (tertiary/aromatic N) is 5. The average Bonchev–Trinajstić information content (AvgIpc) is 3.21. The number of hydrogen-bond donors (Lipinski definition) is 0. The lowest BCUT2D eigenvalue weighted by Crippen LogP contribution is -2.41. The van der Waals surface area contributed by atoms with Crippen molar-refractivity contribution >= 4 is 39.4 Å². The van der Waals surface area contributed by atoms with Crippen molar-refractivity contribution in [2.24, 2.45) is 5.92 Å². The van der Waals surface area contributed by atoms with Gasteiger partial charge in [0.25, 0.3) is 0 Å². The fourth-order valence-electron chi connectivity index (χ4n) is 5.14. The molecule has 2 unspecified atom stereocenters. The quantitative estimate of drug-likeness (QED) is 0.348. The number of para-hydroxylation sites is 2. The van der Waals surface area contributed by atoms with Crippen molar-refractivity contribution in [2.45, 2.75) is 18.8 Å². The number of halogens is 1. The number of rotatable bonds is 2. The van der Waals surface area contributed by atoms with Gasteiger partial charge in [-0.1, -0.05) is 12.1 Å². The average molecular weight is 535 g/mol. The molecule has 2 aromatic heterocycles. The van der Waals surface area contributed by atoms with Crippen LogP contribution in [0.2, 0.25) is 0 Å². The molecule has 0 saturated carbocycles. The Labute approximate surface area is 199 Å². The summed E-state index contributed by atoms with van der Waals surface area (Å²) in [5.74, 6) is 0.809. The van der Waals surface area contributed by atoms with Crippen molar-refractivity contribution in [2.75, 3.05) is 20.1 Å². The van der Waals surface area contributed by atoms with Crippen LogP contribution in [0.5, 0.6) is 0 Å². The minimum atomic E-state index is 0.174. The first-order valence-corrected chi connectivity index (χ1v) is 12.0. The van der Waals surface area contributed by atoms with E-state index in [4.69, 9.17) is 10.1 Å². The molecule has 0 amide bonds. The van der Waals surface area contributed by atoms with E-state index in [1.807, 2.05) is 28.9 Å². The Morgan fingerprint density at radius 2 is 1.84 bits per heavy atom. The molecule has 0 radical (unpaired) electrons. The Hall–Kier alpha value is -2.65. The summed E-state index contributed by atoms with van der Waals surface area (Å²) in [7, 11) is 2.16. The zero-order chi connectivity index (χ0) is 21.8. The molecule has 160 valence electrons. The summed E-state index contributed by atoms with van der Waals surface area (Å²) in [5.41, 5.74) is 5.68. The molecule has 2 aromatic carbocycles. The fraction of sp³-hybridized carbons (Fsp3) is 0.280. The summed E-state index contributed by atoms with van der Waals surface area (Å²) in [6.45, 7) is 1.97. The molecular weight excluding hydrogens is 513 g/mol. The fourth-order valence-corrected chi connectivity index (χ4v) is 5.50. The summed E-state index contributed by atoms with van der Waals surface area (Å²) in [5, 5.41) is 5.01. The summed E-state index contributed by atoms with van der Waals surface area (Å²) in [4.78, 5) is 25.2. The van der Waals surface area contributed by atoms with E-state index in [1.54, 1.807) is 6.20 Å². The molecule has 6 nitrogen and oxygen atoms in total. The zero-order valence-electron chi connectivity index (χ0n) is 17.7. The van der Waals surface area contributed by atoms with E-state index in [-0.39, 0.29) is 11.7 Å². The van der Waals surface area contributed by atoms with E-state index in [9.17, 15) is 4.79 Å². The molecule has 4 aromatic rings. The number of carbonyl (C=O) groups excluding carboxylic acids is 1. The van der Waals surface area contributed by atoms with E-state index in [0.717, 1.165) is 47.5 Å². The van der Waals surface area contributed by atoms with Gasteiger partial charge in [0.1, 0.15) is 11.4 Å². The highest BCUT2D eigenvalue weighted by molar-refractivity contribution is 14.1. The number of likely N-dealkylation sites (tertiary alicyclic amines) is 1. The maximum absolute atomic E-state index is 13.5. The van der Waals surface area contributed by atoms with Crippen LogP contribution in [0.1, 0.15) is 34.8 Å². The monoisotopic (exact) mass is 535 g/mol. The van der Waals surface area contributed by atoms with Crippen LogP contribution in [-0.2, 0) is 0 Å². The summed E-state index contributed by atoms with van der Waals surface area (Å²) in [6, 6.07) is 16.1. The van der Waals surface area contributed by atoms with Crippen LogP contribution in [-0.4, -0.2) is 50.6 Å². The first-order chi connectivity index (χ1) is 15.6. The van der Waals surface area contributed by atoms with Crippen molar-refractivity contribution in [1.29, 1.82) is 0 Å². The van der Waals surface area contributed by atoms with E-state index in [0.29, 0.717) is 23.7 Å². The number of aromatic nitrogens is 4. The van der Waals surface area contributed by atoms with E-state index < -0.39 is 0 Å². The molecule has 0 spiro atoms. The highest BCUT2D eigenvalue weighted by Crippen LogP contribution is 2.44. The van der Waals surface area contributed by atoms with Gasteiger partial charge >= 0.3 is 0 Å². The van der Waals surface area contributed by atoms with Gasteiger partial charge in [-0.15, -0.1) is 0 Å². The van der Waals surface area contributed by atoms with Gasteiger partial charge in [0.05, 0.1) is 34.2 Å². The molecule has 0 N–H and O–H groups in total. The van der Waals surface area contributed by atoms with Crippen molar-refractivity contribution in [3.63, 3.8) is 0 Å². The highest BCUT2D eigenvalue weighted by atomic mass is 127. The lowest BCUT2D eigenvalue weighted by atomic mass is 9.73. The summed E-state index contributed by atoms with van der Waals surface area (Å²) >= 11 is 2.31. The first kappa shape index (κ1) is 20.0. The van der Waals surface area contributed by atoms with Crippen LogP contribution in [0.25, 0.3) is 28.1 Å². The topological polar surface area (TPSA) is 63.9 Å². The van der Waals surface area contributed by atoms with Crippen LogP contribution >= 0.6 is 22.6 Å². The van der Waals surface area contributed by atoms with Crippen molar-refractivity contribution < 1.29 is 4.79 Å². The molecular formula is C25H22IN5O. The van der Waals surface area contributed by atoms with Crippen molar-refractivity contribution in [3.05, 3.63) is 69.6 Å². The van der Waals surface area contributed by atoms with Gasteiger partial charge in [-0.2, -0.15) is 5.10 Å². The first-order valence-electron chi connectivity index (χ1n) is 10.9. The number of likely N-dealkylation sites (N-methyl/N-ethyl adjacent to an activating group) is 1. The Bertz CT molecular complexity index is 1350. The number of benzene rings is 2. The number of ketones is 1. The number of carbonyl (C=O) groups is 1. The van der Waals surface area contributed by atoms with Gasteiger partial charge in [-0.25, -0.2) is 9.67 Å². The van der Waals surface area contributed by atoms with E-state index >= 15 is 0 Å². The third kappa shape index (κ3) is 3.26. The van der Waals surface area contributed by atoms with Crippen LogP contribution in [0.15, 0.2) is 54.7 Å². The van der Waals surface area contributed by atoms with Gasteiger partial charge in [0.2, 0.25) is 0 Å². The lowest BCUT2D eigenvalue weighted by molar-refractivity contribution is 0.0884. The molecule has 1 fully saturated rings. The molecule has 6 rings (SSSR count). The van der Waals surface area contributed by atoms with E-state index in [1.165, 1.54) is 3.57 Å². The zero-order valence-corrected chi connectivity index (χ0v) is 19.9. The largest absolute Gasteiger partial charge is 0.306 e. The molecule has 1 aliphatic carbocycles. The number of fused-ring (bicyclic) bond motifs is 4. The van der Waals surface area contributed by atoms with Gasteiger partial charge in [0, 0.05) is 22.5 Å².